The van der Waals surface area contributed by atoms with Gasteiger partial charge in [0.2, 0.25) is 0 Å². The van der Waals surface area contributed by atoms with Crippen molar-refractivity contribution in [2.75, 3.05) is 59.1 Å². The van der Waals surface area contributed by atoms with Gasteiger partial charge in [-0.25, -0.2) is 0 Å². The van der Waals surface area contributed by atoms with Gasteiger partial charge in [0.25, 0.3) is 0 Å². The molecule has 1 unspecified atom stereocenters. The first-order valence-corrected chi connectivity index (χ1v) is 11.7. The number of ether oxygens (including phenoxy) is 2. The molecule has 6 atom stereocenters. The Kier molecular flexibility index (Phi) is 6.85. The second kappa shape index (κ2) is 9.25. The van der Waals surface area contributed by atoms with Gasteiger partial charge in [-0.05, 0) is 18.8 Å². The van der Waals surface area contributed by atoms with Crippen LogP contribution in [-0.2, 0) is 14.3 Å². The first kappa shape index (κ1) is 22.2. The number of rotatable bonds is 7. The molecule has 1 saturated carbocycles. The topological polar surface area (TPSA) is 82.5 Å². The number of aliphatic hydroxyl groups is 2. The molecule has 0 radical (unpaired) electrons. The zero-order chi connectivity index (χ0) is 21.3. The number of hydrogen-bond donors (Lipinski definition) is 2. The van der Waals surface area contributed by atoms with Gasteiger partial charge in [-0.1, -0.05) is 25.5 Å². The van der Waals surface area contributed by atoms with E-state index in [2.05, 4.69) is 29.7 Å². The standard InChI is InChI=1S/C23H38N2O5/c1-16-4-3-5-17-14-19-20(21(27)23(16,17)2)18(22(28)30-19)15-25-8-6-24(7-9-25)10-12-29-13-11-26/h5,16,18-21,26-27H,3-4,6-15H2,1-2H3/t16-,18?,19-,20-,21+,23-/m1/s1. The third-order valence-electron chi connectivity index (χ3n) is 8.28. The maximum absolute atomic E-state index is 12.8. The van der Waals surface area contributed by atoms with Crippen LogP contribution in [0.5, 0.6) is 0 Å². The Morgan fingerprint density at radius 3 is 2.70 bits per heavy atom. The zero-order valence-electron chi connectivity index (χ0n) is 18.5. The van der Waals surface area contributed by atoms with Crippen LogP contribution >= 0.6 is 0 Å². The molecule has 2 aliphatic heterocycles. The lowest BCUT2D eigenvalue weighted by Crippen LogP contribution is -2.55. The van der Waals surface area contributed by atoms with Crippen LogP contribution in [0.4, 0.5) is 0 Å². The molecule has 30 heavy (non-hydrogen) atoms. The maximum atomic E-state index is 12.8. The Balaban J connectivity index is 1.36. The van der Waals surface area contributed by atoms with Crippen LogP contribution < -0.4 is 0 Å². The van der Waals surface area contributed by atoms with Crippen LogP contribution in [0.15, 0.2) is 11.6 Å². The Morgan fingerprint density at radius 1 is 1.23 bits per heavy atom. The number of aliphatic hydroxyl groups excluding tert-OH is 2. The third-order valence-corrected chi connectivity index (χ3v) is 8.28. The van der Waals surface area contributed by atoms with Gasteiger partial charge in [0, 0.05) is 57.0 Å². The molecule has 3 fully saturated rings. The van der Waals surface area contributed by atoms with E-state index in [-0.39, 0.29) is 35.9 Å². The molecule has 4 rings (SSSR count). The van der Waals surface area contributed by atoms with Crippen molar-refractivity contribution < 1.29 is 24.5 Å². The third kappa shape index (κ3) is 4.07. The molecule has 0 aromatic carbocycles. The fraction of sp³-hybridized carbons (Fsp3) is 0.870. The number of piperazine rings is 1. The largest absolute Gasteiger partial charge is 0.461 e. The minimum atomic E-state index is -0.529. The molecular weight excluding hydrogens is 384 g/mol. The monoisotopic (exact) mass is 422 g/mol. The predicted molar refractivity (Wildman–Crippen MR) is 113 cm³/mol. The summed E-state index contributed by atoms with van der Waals surface area (Å²) < 4.78 is 11.2. The lowest BCUT2D eigenvalue weighted by Gasteiger charge is -2.52. The molecule has 7 nitrogen and oxygen atoms in total. The second-order valence-electron chi connectivity index (χ2n) is 9.78. The summed E-state index contributed by atoms with van der Waals surface area (Å²) in [5.74, 6) is -0.0529. The van der Waals surface area contributed by atoms with E-state index in [1.165, 1.54) is 5.57 Å². The summed E-state index contributed by atoms with van der Waals surface area (Å²) in [4.78, 5) is 17.5. The summed E-state index contributed by atoms with van der Waals surface area (Å²) in [7, 11) is 0. The summed E-state index contributed by atoms with van der Waals surface area (Å²) in [5, 5.41) is 20.3. The van der Waals surface area contributed by atoms with Gasteiger partial charge >= 0.3 is 5.97 Å². The Labute approximate surface area is 180 Å². The summed E-state index contributed by atoms with van der Waals surface area (Å²) in [6, 6.07) is 0. The first-order valence-electron chi connectivity index (χ1n) is 11.7. The van der Waals surface area contributed by atoms with Gasteiger partial charge < -0.3 is 19.7 Å². The van der Waals surface area contributed by atoms with E-state index in [0.29, 0.717) is 25.7 Å². The quantitative estimate of drug-likeness (QED) is 0.358. The lowest BCUT2D eigenvalue weighted by atomic mass is 9.55. The van der Waals surface area contributed by atoms with E-state index >= 15 is 0 Å². The lowest BCUT2D eigenvalue weighted by molar-refractivity contribution is -0.145. The molecule has 2 N–H and O–H groups in total. The van der Waals surface area contributed by atoms with E-state index in [4.69, 9.17) is 14.6 Å². The minimum absolute atomic E-state index is 0.0639. The van der Waals surface area contributed by atoms with Gasteiger partial charge in [0.1, 0.15) is 6.10 Å². The highest BCUT2D eigenvalue weighted by molar-refractivity contribution is 5.76. The van der Waals surface area contributed by atoms with E-state index < -0.39 is 6.10 Å². The van der Waals surface area contributed by atoms with Crippen LogP contribution in [0, 0.1) is 23.2 Å². The molecule has 0 aromatic heterocycles. The van der Waals surface area contributed by atoms with Crippen molar-refractivity contribution in [3.05, 3.63) is 11.6 Å². The predicted octanol–water partition coefficient (Wildman–Crippen LogP) is 0.898. The average molecular weight is 423 g/mol. The number of nitrogens with zero attached hydrogens (tertiary/aromatic N) is 2. The highest BCUT2D eigenvalue weighted by atomic mass is 16.6. The number of carbonyl (C=O) groups is 1. The molecule has 0 bridgehead atoms. The molecule has 0 amide bonds. The second-order valence-corrected chi connectivity index (χ2v) is 9.78. The fourth-order valence-corrected chi connectivity index (χ4v) is 6.11. The molecule has 2 heterocycles. The molecule has 0 spiro atoms. The SMILES string of the molecule is C[C@@H]1CCC=C2C[C@H]3OC(=O)C(CN4CCN(CCOCCO)CC4)[C@H]3[C@H](O)[C@@]21C. The Bertz CT molecular complexity index is 648. The van der Waals surface area contributed by atoms with Crippen molar-refractivity contribution in [1.29, 1.82) is 0 Å². The normalized spacial score (nSPS) is 39.9. The van der Waals surface area contributed by atoms with E-state index in [1.54, 1.807) is 0 Å². The van der Waals surface area contributed by atoms with Crippen molar-refractivity contribution >= 4 is 5.97 Å². The number of allylic oxidation sites excluding steroid dienone is 1. The summed E-state index contributed by atoms with van der Waals surface area (Å²) in [6.07, 6.45) is 4.52. The minimum Gasteiger partial charge on any atom is -0.461 e. The summed E-state index contributed by atoms with van der Waals surface area (Å²) in [5.41, 5.74) is 1.05. The van der Waals surface area contributed by atoms with Crippen LogP contribution in [0.3, 0.4) is 0 Å². The van der Waals surface area contributed by atoms with Gasteiger partial charge in [-0.3, -0.25) is 14.6 Å². The average Bonchev–Trinajstić information content (AvgIpc) is 3.04. The van der Waals surface area contributed by atoms with Crippen LogP contribution in [0.25, 0.3) is 0 Å². The molecular formula is C23H38N2O5. The van der Waals surface area contributed by atoms with E-state index in [0.717, 1.165) is 52.0 Å². The van der Waals surface area contributed by atoms with Gasteiger partial charge in [-0.2, -0.15) is 0 Å². The highest BCUT2D eigenvalue weighted by Gasteiger charge is 2.59. The van der Waals surface area contributed by atoms with Crippen molar-refractivity contribution in [2.24, 2.45) is 23.2 Å². The molecule has 170 valence electrons. The van der Waals surface area contributed by atoms with Crippen molar-refractivity contribution in [2.45, 2.75) is 45.3 Å². The molecule has 7 heteroatoms. The Hall–Kier alpha value is -0.990. The van der Waals surface area contributed by atoms with Crippen LogP contribution in [0.2, 0.25) is 0 Å². The molecule has 4 aliphatic rings. The van der Waals surface area contributed by atoms with Crippen molar-refractivity contribution in [3.63, 3.8) is 0 Å². The number of carbonyl (C=O) groups excluding carboxylic acids is 1. The first-order chi connectivity index (χ1) is 14.4. The van der Waals surface area contributed by atoms with Crippen molar-refractivity contribution in [3.8, 4) is 0 Å². The number of hydrogen-bond acceptors (Lipinski definition) is 7. The molecule has 2 saturated heterocycles. The summed E-state index contributed by atoms with van der Waals surface area (Å²) in [6.45, 7) is 10.8. The van der Waals surface area contributed by atoms with E-state index in [9.17, 15) is 9.90 Å². The molecule has 0 aromatic rings. The smallest absolute Gasteiger partial charge is 0.311 e. The number of esters is 1. The van der Waals surface area contributed by atoms with Gasteiger partial charge in [0.05, 0.1) is 31.8 Å². The zero-order valence-corrected chi connectivity index (χ0v) is 18.5. The fourth-order valence-electron chi connectivity index (χ4n) is 6.11. The summed E-state index contributed by atoms with van der Waals surface area (Å²) >= 11 is 0. The van der Waals surface area contributed by atoms with E-state index in [1.807, 2.05) is 0 Å². The maximum Gasteiger partial charge on any atom is 0.311 e. The van der Waals surface area contributed by atoms with Gasteiger partial charge in [0.15, 0.2) is 0 Å². The molecule has 2 aliphatic carbocycles. The highest BCUT2D eigenvalue weighted by Crippen LogP contribution is 2.56. The van der Waals surface area contributed by atoms with Crippen LogP contribution in [0.1, 0.15) is 33.1 Å². The number of fused-ring (bicyclic) bond motifs is 2. The Morgan fingerprint density at radius 2 is 1.97 bits per heavy atom. The van der Waals surface area contributed by atoms with Crippen molar-refractivity contribution in [1.82, 2.24) is 9.80 Å². The van der Waals surface area contributed by atoms with Crippen LogP contribution in [-0.4, -0.2) is 97.3 Å². The van der Waals surface area contributed by atoms with Gasteiger partial charge in [-0.15, -0.1) is 0 Å².